The quantitative estimate of drug-likeness (QED) is 0.551. The second kappa shape index (κ2) is 7.35. The summed E-state index contributed by atoms with van der Waals surface area (Å²) in [5.74, 6) is -0.143. The van der Waals surface area contributed by atoms with Crippen molar-refractivity contribution >= 4 is 28.5 Å². The van der Waals surface area contributed by atoms with E-state index in [9.17, 15) is 10.4 Å². The Morgan fingerprint density at radius 3 is 2.50 bits per heavy atom. The van der Waals surface area contributed by atoms with Crippen molar-refractivity contribution in [2.45, 2.75) is 12.8 Å². The van der Waals surface area contributed by atoms with E-state index in [1.54, 1.807) is 36.4 Å². The molecule has 26 heavy (non-hydrogen) atoms. The molecule has 0 unspecified atom stereocenters. The van der Waals surface area contributed by atoms with Crippen molar-refractivity contribution in [3.8, 4) is 11.3 Å². The standard InChI is InChI=1S/C19H21ClN4O2/c1-22(2)10-4-5-13-8-9-16-17(11-13)23(25)18(19(21)24(16)26)14-6-3-7-15(20)12-14/h3,6-9,11-12H,4-5,10,21H2,1-2H3. The summed E-state index contributed by atoms with van der Waals surface area (Å²) in [6, 6.07) is 12.0. The summed E-state index contributed by atoms with van der Waals surface area (Å²) in [5.41, 5.74) is 8.14. The zero-order chi connectivity index (χ0) is 18.8. The third kappa shape index (κ3) is 3.52. The van der Waals surface area contributed by atoms with E-state index in [4.69, 9.17) is 17.3 Å². The van der Waals surface area contributed by atoms with Gasteiger partial charge in [-0.15, -0.1) is 0 Å². The van der Waals surface area contributed by atoms with Crippen LogP contribution in [0.1, 0.15) is 12.0 Å². The molecule has 0 radical (unpaired) electrons. The topological polar surface area (TPSA) is 83.1 Å². The van der Waals surface area contributed by atoms with Gasteiger partial charge in [-0.3, -0.25) is 5.73 Å². The molecule has 3 aromatic rings. The summed E-state index contributed by atoms with van der Waals surface area (Å²) in [5, 5.41) is 26.0. The van der Waals surface area contributed by atoms with Gasteiger partial charge in [0.05, 0.1) is 5.56 Å². The fourth-order valence-corrected chi connectivity index (χ4v) is 3.20. The van der Waals surface area contributed by atoms with Crippen molar-refractivity contribution in [2.75, 3.05) is 26.4 Å². The molecule has 0 saturated heterocycles. The number of hydrogen-bond donors (Lipinski definition) is 1. The molecule has 3 rings (SSSR count). The second-order valence-corrected chi connectivity index (χ2v) is 7.00. The minimum absolute atomic E-state index is 0.112. The molecule has 0 aliphatic carbocycles. The van der Waals surface area contributed by atoms with Crippen LogP contribution in [0.5, 0.6) is 0 Å². The lowest BCUT2D eigenvalue weighted by molar-refractivity contribution is -0.609. The number of nitrogen functional groups attached to an aromatic ring is 1. The Kier molecular flexibility index (Phi) is 5.15. The number of benzene rings is 2. The first-order valence-corrected chi connectivity index (χ1v) is 8.74. The molecule has 0 fully saturated rings. The Balaban J connectivity index is 2.11. The van der Waals surface area contributed by atoms with Crippen LogP contribution in [-0.4, -0.2) is 25.5 Å². The van der Waals surface area contributed by atoms with Crippen molar-refractivity contribution in [1.82, 2.24) is 4.90 Å². The van der Waals surface area contributed by atoms with Gasteiger partial charge in [0.1, 0.15) is 0 Å². The predicted molar refractivity (Wildman–Crippen MR) is 104 cm³/mol. The number of fused-ring (bicyclic) bond motifs is 1. The maximum Gasteiger partial charge on any atom is 0.351 e. The molecule has 136 valence electrons. The largest absolute Gasteiger partial charge is 0.710 e. The molecule has 1 heterocycles. The molecule has 0 spiro atoms. The van der Waals surface area contributed by atoms with Gasteiger partial charge < -0.3 is 15.3 Å². The molecule has 0 aliphatic heterocycles. The molecular formula is C19H21ClN4O2. The number of rotatable bonds is 5. The number of nitrogens with two attached hydrogens (primary N) is 1. The molecule has 7 heteroatoms. The highest BCUT2D eigenvalue weighted by molar-refractivity contribution is 6.30. The highest BCUT2D eigenvalue weighted by atomic mass is 35.5. The van der Waals surface area contributed by atoms with Gasteiger partial charge in [-0.2, -0.15) is 4.73 Å². The van der Waals surface area contributed by atoms with E-state index in [2.05, 4.69) is 4.90 Å². The van der Waals surface area contributed by atoms with Gasteiger partial charge in [0, 0.05) is 11.1 Å². The monoisotopic (exact) mass is 372 g/mol. The van der Waals surface area contributed by atoms with Crippen molar-refractivity contribution in [2.24, 2.45) is 0 Å². The van der Waals surface area contributed by atoms with Crippen LogP contribution in [0.15, 0.2) is 42.5 Å². The van der Waals surface area contributed by atoms with Crippen LogP contribution in [0, 0.1) is 10.4 Å². The maximum atomic E-state index is 13.0. The molecule has 0 aliphatic rings. The number of anilines is 1. The Labute approximate surface area is 157 Å². The third-order valence-corrected chi connectivity index (χ3v) is 4.55. The average molecular weight is 373 g/mol. The first kappa shape index (κ1) is 18.2. The molecule has 0 bridgehead atoms. The van der Waals surface area contributed by atoms with E-state index in [1.165, 1.54) is 0 Å². The van der Waals surface area contributed by atoms with Crippen molar-refractivity contribution in [1.29, 1.82) is 0 Å². The lowest BCUT2D eigenvalue weighted by Crippen LogP contribution is -2.43. The molecule has 2 N–H and O–H groups in total. The fourth-order valence-electron chi connectivity index (χ4n) is 3.01. The Hall–Kier alpha value is -2.57. The van der Waals surface area contributed by atoms with Crippen LogP contribution in [0.3, 0.4) is 0 Å². The van der Waals surface area contributed by atoms with Gasteiger partial charge in [0.15, 0.2) is 0 Å². The molecular weight excluding hydrogens is 352 g/mol. The van der Waals surface area contributed by atoms with E-state index in [0.717, 1.165) is 29.7 Å². The third-order valence-electron chi connectivity index (χ3n) is 4.31. The zero-order valence-electron chi connectivity index (χ0n) is 14.8. The highest BCUT2D eigenvalue weighted by Crippen LogP contribution is 2.25. The van der Waals surface area contributed by atoms with Gasteiger partial charge in [-0.05, 0) is 63.3 Å². The van der Waals surface area contributed by atoms with E-state index in [1.807, 2.05) is 20.2 Å². The summed E-state index contributed by atoms with van der Waals surface area (Å²) in [7, 11) is 4.04. The zero-order valence-corrected chi connectivity index (χ0v) is 15.5. The lowest BCUT2D eigenvalue weighted by Gasteiger charge is -2.14. The number of halogens is 1. The molecule has 0 amide bonds. The van der Waals surface area contributed by atoms with Crippen LogP contribution in [-0.2, 0) is 6.42 Å². The Bertz CT molecular complexity index is 960. The van der Waals surface area contributed by atoms with E-state index in [-0.39, 0.29) is 17.0 Å². The predicted octanol–water partition coefficient (Wildman–Crippen LogP) is 2.50. The molecule has 0 saturated carbocycles. The summed E-state index contributed by atoms with van der Waals surface area (Å²) in [6.45, 7) is 0.951. The number of aromatic nitrogens is 2. The van der Waals surface area contributed by atoms with Crippen molar-refractivity contribution in [3.05, 3.63) is 63.5 Å². The Morgan fingerprint density at radius 2 is 1.81 bits per heavy atom. The summed E-state index contributed by atoms with van der Waals surface area (Å²) in [4.78, 5) is 2.11. The van der Waals surface area contributed by atoms with Gasteiger partial charge in [0.2, 0.25) is 5.52 Å². The number of nitrogens with zero attached hydrogens (tertiary/aromatic N) is 3. The minimum Gasteiger partial charge on any atom is -0.710 e. The highest BCUT2D eigenvalue weighted by Gasteiger charge is 2.26. The smallest absolute Gasteiger partial charge is 0.351 e. The van der Waals surface area contributed by atoms with Crippen LogP contribution < -0.4 is 15.2 Å². The van der Waals surface area contributed by atoms with Gasteiger partial charge in [-0.1, -0.05) is 23.7 Å². The van der Waals surface area contributed by atoms with Crippen molar-refractivity contribution < 1.29 is 9.46 Å². The van der Waals surface area contributed by atoms with Crippen LogP contribution >= 0.6 is 11.6 Å². The number of aryl methyl sites for hydroxylation is 1. The summed E-state index contributed by atoms with van der Waals surface area (Å²) >= 11 is 6.02. The first-order chi connectivity index (χ1) is 12.4. The normalized spacial score (nSPS) is 11.4. The van der Waals surface area contributed by atoms with E-state index in [0.29, 0.717) is 20.8 Å². The Morgan fingerprint density at radius 1 is 1.04 bits per heavy atom. The second-order valence-electron chi connectivity index (χ2n) is 6.56. The van der Waals surface area contributed by atoms with Crippen molar-refractivity contribution in [3.63, 3.8) is 0 Å². The van der Waals surface area contributed by atoms with E-state index >= 15 is 0 Å². The maximum absolute atomic E-state index is 13.0. The van der Waals surface area contributed by atoms with Crippen LogP contribution in [0.25, 0.3) is 22.3 Å². The lowest BCUT2D eigenvalue weighted by atomic mass is 10.1. The summed E-state index contributed by atoms with van der Waals surface area (Å²) < 4.78 is 1.32. The van der Waals surface area contributed by atoms with Gasteiger partial charge in [0.25, 0.3) is 5.52 Å². The molecule has 6 nitrogen and oxygen atoms in total. The van der Waals surface area contributed by atoms with Crippen LogP contribution in [0.2, 0.25) is 5.02 Å². The van der Waals surface area contributed by atoms with Gasteiger partial charge in [-0.25, -0.2) is 4.73 Å². The SMILES string of the molecule is CN(C)CCCc1ccc2c(c1)[n+]([O-])c(-c1cccc(Cl)c1)c(N)[n+]2[O-]. The van der Waals surface area contributed by atoms with Crippen LogP contribution in [0.4, 0.5) is 5.82 Å². The minimum atomic E-state index is -0.143. The summed E-state index contributed by atoms with van der Waals surface area (Å²) in [6.07, 6.45) is 1.79. The molecule has 2 aromatic carbocycles. The van der Waals surface area contributed by atoms with E-state index < -0.39 is 0 Å². The first-order valence-electron chi connectivity index (χ1n) is 8.36. The fraction of sp³-hybridized carbons (Fsp3) is 0.263. The number of hydrogen-bond acceptors (Lipinski definition) is 4. The molecule has 1 aromatic heterocycles. The average Bonchev–Trinajstić information content (AvgIpc) is 2.60. The molecule has 0 atom stereocenters. The van der Waals surface area contributed by atoms with Gasteiger partial charge >= 0.3 is 11.5 Å².